The van der Waals surface area contributed by atoms with Gasteiger partial charge in [0.1, 0.15) is 6.54 Å². The van der Waals surface area contributed by atoms with E-state index in [9.17, 15) is 18.0 Å². The molecule has 1 heterocycles. The Morgan fingerprint density at radius 2 is 1.84 bits per heavy atom. The average Bonchev–Trinajstić information content (AvgIpc) is 2.91. The number of allylic oxidation sites excluding steroid dienone is 1. The van der Waals surface area contributed by atoms with Gasteiger partial charge in [-0.2, -0.15) is 18.3 Å². The van der Waals surface area contributed by atoms with E-state index in [-0.39, 0.29) is 11.2 Å². The highest BCUT2D eigenvalue weighted by Gasteiger charge is 2.53. The van der Waals surface area contributed by atoms with Crippen LogP contribution in [0.15, 0.2) is 24.7 Å². The van der Waals surface area contributed by atoms with Crippen LogP contribution in [0, 0.1) is 23.2 Å². The fourth-order valence-corrected chi connectivity index (χ4v) is 5.51. The number of halogens is 3. The smallest absolute Gasteiger partial charge is 0.359 e. The summed E-state index contributed by atoms with van der Waals surface area (Å²) in [5, 5.41) is 6.53. The maximum absolute atomic E-state index is 12.8. The van der Waals surface area contributed by atoms with Gasteiger partial charge in [0.25, 0.3) is 0 Å². The zero-order chi connectivity index (χ0) is 17.7. The van der Waals surface area contributed by atoms with Crippen LogP contribution in [0.2, 0.25) is 0 Å². The molecule has 7 heteroatoms. The van der Waals surface area contributed by atoms with Crippen molar-refractivity contribution >= 4 is 11.5 Å². The summed E-state index contributed by atoms with van der Waals surface area (Å²) in [6.45, 7) is -1.12. The van der Waals surface area contributed by atoms with Crippen LogP contribution in [0.3, 0.4) is 0 Å². The number of nitrogens with zero attached hydrogens (tertiary/aromatic N) is 2. The van der Waals surface area contributed by atoms with Crippen LogP contribution >= 0.6 is 0 Å². The lowest BCUT2D eigenvalue weighted by Gasteiger charge is -2.55. The van der Waals surface area contributed by atoms with Crippen molar-refractivity contribution in [2.24, 2.45) is 23.2 Å². The molecule has 0 saturated heterocycles. The molecule has 0 unspecified atom stereocenters. The van der Waals surface area contributed by atoms with Crippen molar-refractivity contribution in [2.75, 3.05) is 5.32 Å². The van der Waals surface area contributed by atoms with Gasteiger partial charge in [0, 0.05) is 17.8 Å². The van der Waals surface area contributed by atoms with Crippen LogP contribution in [0.1, 0.15) is 38.5 Å². The number of aromatic nitrogens is 2. The molecule has 4 saturated carbocycles. The monoisotopic (exact) mass is 353 g/mol. The molecule has 0 amide bonds. The van der Waals surface area contributed by atoms with Crippen LogP contribution in [-0.4, -0.2) is 21.7 Å². The van der Waals surface area contributed by atoms with E-state index in [4.69, 9.17) is 0 Å². The number of nitrogens with one attached hydrogen (secondary N) is 1. The Labute approximate surface area is 144 Å². The fraction of sp³-hybridized carbons (Fsp3) is 0.667. The van der Waals surface area contributed by atoms with Gasteiger partial charge in [-0.25, -0.2) is 0 Å². The maximum Gasteiger partial charge on any atom is 0.408 e. The van der Waals surface area contributed by atoms with Crippen LogP contribution in [-0.2, 0) is 11.3 Å². The summed E-state index contributed by atoms with van der Waals surface area (Å²) >= 11 is 0. The van der Waals surface area contributed by atoms with E-state index in [0.29, 0.717) is 23.4 Å². The lowest BCUT2D eigenvalue weighted by Crippen LogP contribution is -2.49. The summed E-state index contributed by atoms with van der Waals surface area (Å²) < 4.78 is 37.8. The van der Waals surface area contributed by atoms with E-state index in [2.05, 4.69) is 10.4 Å². The van der Waals surface area contributed by atoms with Crippen molar-refractivity contribution in [2.45, 2.75) is 51.2 Å². The van der Waals surface area contributed by atoms with Crippen LogP contribution < -0.4 is 5.32 Å². The number of carbonyl (C=O) groups is 1. The molecule has 5 rings (SSSR count). The van der Waals surface area contributed by atoms with Gasteiger partial charge >= 0.3 is 6.18 Å². The first-order chi connectivity index (χ1) is 11.8. The van der Waals surface area contributed by atoms with Gasteiger partial charge in [-0.1, -0.05) is 0 Å². The molecule has 4 aliphatic rings. The highest BCUT2D eigenvalue weighted by atomic mass is 19.4. The summed E-state index contributed by atoms with van der Waals surface area (Å²) in [6.07, 6.45) is 8.28. The van der Waals surface area contributed by atoms with Crippen molar-refractivity contribution in [1.29, 1.82) is 0 Å². The van der Waals surface area contributed by atoms with Crippen molar-refractivity contribution in [3.8, 4) is 0 Å². The topological polar surface area (TPSA) is 46.9 Å². The van der Waals surface area contributed by atoms with E-state index < -0.39 is 12.7 Å². The molecule has 0 spiro atoms. The van der Waals surface area contributed by atoms with E-state index in [1.54, 1.807) is 6.08 Å². The fourth-order valence-electron chi connectivity index (χ4n) is 5.51. The lowest BCUT2D eigenvalue weighted by atomic mass is 9.48. The molecule has 4 aliphatic carbocycles. The number of anilines is 1. The summed E-state index contributed by atoms with van der Waals surface area (Å²) in [5.74, 6) is 2.29. The number of hydrogen-bond acceptors (Lipinski definition) is 3. The summed E-state index contributed by atoms with van der Waals surface area (Å²) in [7, 11) is 0. The number of ketones is 1. The number of alkyl halides is 3. The molecule has 4 fully saturated rings. The van der Waals surface area contributed by atoms with Crippen LogP contribution in [0.5, 0.6) is 0 Å². The number of carbonyl (C=O) groups excluding carboxylic acids is 1. The van der Waals surface area contributed by atoms with Crippen molar-refractivity contribution in [1.82, 2.24) is 9.78 Å². The molecule has 0 aromatic carbocycles. The molecule has 25 heavy (non-hydrogen) atoms. The van der Waals surface area contributed by atoms with E-state index in [1.807, 2.05) is 0 Å². The largest absolute Gasteiger partial charge is 0.408 e. The van der Waals surface area contributed by atoms with Crippen molar-refractivity contribution < 1.29 is 18.0 Å². The first-order valence-electron chi connectivity index (χ1n) is 8.88. The van der Waals surface area contributed by atoms with Gasteiger partial charge in [-0.15, -0.1) is 0 Å². The molecule has 0 aliphatic heterocycles. The predicted molar refractivity (Wildman–Crippen MR) is 86.7 cm³/mol. The third-order valence-electron chi connectivity index (χ3n) is 6.02. The molecule has 4 bridgehead atoms. The predicted octanol–water partition coefficient (Wildman–Crippen LogP) is 4.16. The van der Waals surface area contributed by atoms with Crippen molar-refractivity contribution in [3.63, 3.8) is 0 Å². The molecule has 0 radical (unpaired) electrons. The Balaban J connectivity index is 1.37. The Morgan fingerprint density at radius 1 is 1.24 bits per heavy atom. The number of hydrogen-bond donors (Lipinski definition) is 1. The first-order valence-corrected chi connectivity index (χ1v) is 8.88. The quantitative estimate of drug-likeness (QED) is 0.809. The van der Waals surface area contributed by atoms with Gasteiger partial charge < -0.3 is 5.32 Å². The minimum atomic E-state index is -4.30. The second-order valence-electron chi connectivity index (χ2n) is 8.08. The van der Waals surface area contributed by atoms with E-state index in [0.717, 1.165) is 23.9 Å². The Morgan fingerprint density at radius 3 is 2.40 bits per heavy atom. The third-order valence-corrected chi connectivity index (χ3v) is 6.02. The summed E-state index contributed by atoms with van der Waals surface area (Å²) in [6, 6.07) is 0. The molecule has 1 aromatic heterocycles. The Hall–Kier alpha value is -1.79. The molecule has 0 atom stereocenters. The van der Waals surface area contributed by atoms with Crippen LogP contribution in [0.4, 0.5) is 18.9 Å². The van der Waals surface area contributed by atoms with Gasteiger partial charge in [0.2, 0.25) is 0 Å². The lowest BCUT2D eigenvalue weighted by molar-refractivity contribution is -0.142. The molecule has 4 nitrogen and oxygen atoms in total. The molecule has 1 aromatic rings. The SMILES string of the molecule is O=C(/C=C/Nc1cnn(CC(F)(F)F)c1)C12CC3CC(CC(C3)C1)C2. The first kappa shape index (κ1) is 16.7. The second-order valence-corrected chi connectivity index (χ2v) is 8.08. The average molecular weight is 353 g/mol. The molecular formula is C18H22F3N3O. The molecule has 136 valence electrons. The summed E-state index contributed by atoms with van der Waals surface area (Å²) in [4.78, 5) is 12.8. The zero-order valence-electron chi connectivity index (χ0n) is 13.9. The van der Waals surface area contributed by atoms with Crippen LogP contribution in [0.25, 0.3) is 0 Å². The highest BCUT2D eigenvalue weighted by Crippen LogP contribution is 2.60. The maximum atomic E-state index is 12.8. The van der Waals surface area contributed by atoms with Gasteiger partial charge in [-0.3, -0.25) is 9.48 Å². The normalized spacial score (nSPS) is 34.0. The standard InChI is InChI=1S/C18H22F3N3O/c19-18(20,21)11-24-10-15(9-23-24)22-2-1-16(25)17-6-12-3-13(7-17)5-14(4-12)8-17/h1-2,9-10,12-14,22H,3-8,11H2/b2-1+. The van der Waals surface area contributed by atoms with E-state index >= 15 is 0 Å². The van der Waals surface area contributed by atoms with Gasteiger partial charge in [-0.05, 0) is 62.4 Å². The van der Waals surface area contributed by atoms with E-state index in [1.165, 1.54) is 37.9 Å². The van der Waals surface area contributed by atoms with Crippen molar-refractivity contribution in [3.05, 3.63) is 24.7 Å². The minimum absolute atomic E-state index is 0.168. The second kappa shape index (κ2) is 5.88. The highest BCUT2D eigenvalue weighted by molar-refractivity contribution is 5.95. The number of rotatable bonds is 5. The van der Waals surface area contributed by atoms with Gasteiger partial charge in [0.15, 0.2) is 5.78 Å². The Bertz CT molecular complexity index is 657. The minimum Gasteiger partial charge on any atom is -0.359 e. The zero-order valence-corrected chi connectivity index (χ0v) is 13.9. The molecule has 1 N–H and O–H groups in total. The summed E-state index contributed by atoms with van der Waals surface area (Å²) in [5.41, 5.74) is 0.256. The third kappa shape index (κ3) is 3.46. The Kier molecular flexibility index (Phi) is 3.92. The molecular weight excluding hydrogens is 331 g/mol. The van der Waals surface area contributed by atoms with Gasteiger partial charge in [0.05, 0.1) is 11.9 Å².